The first-order valence-corrected chi connectivity index (χ1v) is 7.61. The van der Waals surface area contributed by atoms with E-state index >= 15 is 0 Å². The van der Waals surface area contributed by atoms with E-state index in [1.807, 2.05) is 13.8 Å². The quantitative estimate of drug-likeness (QED) is 0.932. The standard InChI is InChI=1S/C17H22FNO2/c1-17(2,19-9-4-3-5-10-19)16(20)14-11-12-7-6-8-13(18)15(12)21-14/h6-8,11,16,20H,3-5,9-10H2,1-2H3. The molecular weight excluding hydrogens is 269 g/mol. The van der Waals surface area contributed by atoms with Crippen LogP contribution in [0.2, 0.25) is 0 Å². The summed E-state index contributed by atoms with van der Waals surface area (Å²) in [7, 11) is 0. The lowest BCUT2D eigenvalue weighted by Crippen LogP contribution is -2.50. The Morgan fingerprint density at radius 1 is 1.24 bits per heavy atom. The van der Waals surface area contributed by atoms with Crippen LogP contribution >= 0.6 is 0 Å². The van der Waals surface area contributed by atoms with E-state index in [2.05, 4.69) is 4.90 Å². The van der Waals surface area contributed by atoms with Crippen molar-refractivity contribution in [2.75, 3.05) is 13.1 Å². The highest BCUT2D eigenvalue weighted by Gasteiger charge is 2.37. The van der Waals surface area contributed by atoms with Gasteiger partial charge < -0.3 is 9.52 Å². The number of benzene rings is 1. The van der Waals surface area contributed by atoms with Crippen molar-refractivity contribution in [1.29, 1.82) is 0 Å². The number of aliphatic hydroxyl groups is 1. The smallest absolute Gasteiger partial charge is 0.170 e. The Hall–Kier alpha value is -1.39. The number of hydrogen-bond donors (Lipinski definition) is 1. The average Bonchev–Trinajstić information content (AvgIpc) is 2.93. The number of rotatable bonds is 3. The topological polar surface area (TPSA) is 36.6 Å². The van der Waals surface area contributed by atoms with E-state index in [4.69, 9.17) is 4.42 Å². The minimum atomic E-state index is -0.776. The van der Waals surface area contributed by atoms with Crippen molar-refractivity contribution >= 4 is 11.0 Å². The summed E-state index contributed by atoms with van der Waals surface area (Å²) in [6.07, 6.45) is 2.79. The second kappa shape index (κ2) is 5.43. The van der Waals surface area contributed by atoms with Crippen LogP contribution in [0.3, 0.4) is 0 Å². The molecule has 1 aromatic heterocycles. The van der Waals surface area contributed by atoms with Gasteiger partial charge in [-0.05, 0) is 51.9 Å². The zero-order valence-electron chi connectivity index (χ0n) is 12.6. The third-order valence-corrected chi connectivity index (χ3v) is 4.62. The molecule has 0 bridgehead atoms. The summed E-state index contributed by atoms with van der Waals surface area (Å²) in [5.41, 5.74) is -0.203. The number of furan rings is 1. The van der Waals surface area contributed by atoms with Gasteiger partial charge in [0.25, 0.3) is 0 Å². The van der Waals surface area contributed by atoms with Gasteiger partial charge in [0.15, 0.2) is 11.4 Å². The number of piperidine rings is 1. The lowest BCUT2D eigenvalue weighted by atomic mass is 9.90. The average molecular weight is 291 g/mol. The summed E-state index contributed by atoms with van der Waals surface area (Å²) in [5, 5.41) is 11.4. The number of hydrogen-bond acceptors (Lipinski definition) is 3. The zero-order valence-corrected chi connectivity index (χ0v) is 12.6. The molecule has 3 rings (SSSR count). The van der Waals surface area contributed by atoms with Crippen LogP contribution in [0.25, 0.3) is 11.0 Å². The van der Waals surface area contributed by atoms with Gasteiger partial charge in [-0.15, -0.1) is 0 Å². The largest absolute Gasteiger partial charge is 0.455 e. The van der Waals surface area contributed by atoms with Crippen molar-refractivity contribution < 1.29 is 13.9 Å². The van der Waals surface area contributed by atoms with E-state index in [1.165, 1.54) is 12.5 Å². The number of aliphatic hydroxyl groups excluding tert-OH is 1. The van der Waals surface area contributed by atoms with Gasteiger partial charge >= 0.3 is 0 Å². The minimum absolute atomic E-state index is 0.223. The molecule has 0 spiro atoms. The maximum absolute atomic E-state index is 13.7. The summed E-state index contributed by atoms with van der Waals surface area (Å²) in [5.74, 6) is 0.0485. The Morgan fingerprint density at radius 2 is 1.95 bits per heavy atom. The highest BCUT2D eigenvalue weighted by molar-refractivity contribution is 5.78. The number of halogens is 1. The molecule has 2 aromatic rings. The molecule has 114 valence electrons. The lowest BCUT2D eigenvalue weighted by Gasteiger charge is -2.43. The van der Waals surface area contributed by atoms with E-state index in [0.29, 0.717) is 11.1 Å². The van der Waals surface area contributed by atoms with Gasteiger partial charge in [0.2, 0.25) is 0 Å². The molecule has 0 amide bonds. The molecule has 1 atom stereocenters. The summed E-state index contributed by atoms with van der Waals surface area (Å²) in [6, 6.07) is 6.57. The van der Waals surface area contributed by atoms with E-state index < -0.39 is 11.6 Å². The van der Waals surface area contributed by atoms with Crippen LogP contribution in [0.5, 0.6) is 0 Å². The fourth-order valence-electron chi connectivity index (χ4n) is 3.17. The molecule has 21 heavy (non-hydrogen) atoms. The van der Waals surface area contributed by atoms with Crippen LogP contribution in [0.1, 0.15) is 45.0 Å². The van der Waals surface area contributed by atoms with Crippen molar-refractivity contribution in [2.24, 2.45) is 0 Å². The Morgan fingerprint density at radius 3 is 2.62 bits per heavy atom. The minimum Gasteiger partial charge on any atom is -0.455 e. The zero-order chi connectivity index (χ0) is 15.0. The van der Waals surface area contributed by atoms with E-state index in [-0.39, 0.29) is 11.4 Å². The van der Waals surface area contributed by atoms with Gasteiger partial charge in [-0.25, -0.2) is 4.39 Å². The summed E-state index contributed by atoms with van der Waals surface area (Å²) in [4.78, 5) is 2.30. The summed E-state index contributed by atoms with van der Waals surface area (Å²) < 4.78 is 19.3. The monoisotopic (exact) mass is 291 g/mol. The molecule has 1 aliphatic rings. The second-order valence-electron chi connectivity index (χ2n) is 6.41. The van der Waals surface area contributed by atoms with Gasteiger partial charge in [0.05, 0.1) is 0 Å². The number of likely N-dealkylation sites (tertiary alicyclic amines) is 1. The van der Waals surface area contributed by atoms with Crippen LogP contribution in [-0.4, -0.2) is 28.6 Å². The highest BCUT2D eigenvalue weighted by Crippen LogP contribution is 2.36. The predicted octanol–water partition coefficient (Wildman–Crippen LogP) is 3.87. The maximum atomic E-state index is 13.7. The van der Waals surface area contributed by atoms with Gasteiger partial charge in [0.1, 0.15) is 11.9 Å². The van der Waals surface area contributed by atoms with Crippen molar-refractivity contribution in [3.05, 3.63) is 35.8 Å². The van der Waals surface area contributed by atoms with Crippen LogP contribution in [0, 0.1) is 5.82 Å². The predicted molar refractivity (Wildman–Crippen MR) is 80.6 cm³/mol. The van der Waals surface area contributed by atoms with Crippen molar-refractivity contribution in [3.8, 4) is 0 Å². The molecule has 0 aliphatic carbocycles. The van der Waals surface area contributed by atoms with Gasteiger partial charge in [-0.2, -0.15) is 0 Å². The molecular formula is C17H22FNO2. The number of fused-ring (bicyclic) bond motifs is 1. The number of nitrogens with zero attached hydrogens (tertiary/aromatic N) is 1. The molecule has 3 nitrogen and oxygen atoms in total. The fourth-order valence-corrected chi connectivity index (χ4v) is 3.17. The SMILES string of the molecule is CC(C)(C(O)c1cc2cccc(F)c2o1)N1CCCCC1. The third kappa shape index (κ3) is 2.58. The Labute approximate surface area is 124 Å². The van der Waals surface area contributed by atoms with Crippen molar-refractivity contribution in [1.82, 2.24) is 4.90 Å². The first-order chi connectivity index (χ1) is 10.00. The molecule has 0 saturated carbocycles. The normalized spacial score (nSPS) is 19.0. The maximum Gasteiger partial charge on any atom is 0.170 e. The van der Waals surface area contributed by atoms with Crippen LogP contribution < -0.4 is 0 Å². The van der Waals surface area contributed by atoms with Crippen molar-refractivity contribution in [2.45, 2.75) is 44.8 Å². The lowest BCUT2D eigenvalue weighted by molar-refractivity contribution is -0.0304. The fraction of sp³-hybridized carbons (Fsp3) is 0.529. The summed E-state index contributed by atoms with van der Waals surface area (Å²) in [6.45, 7) is 6.01. The summed E-state index contributed by atoms with van der Waals surface area (Å²) >= 11 is 0. The van der Waals surface area contributed by atoms with E-state index in [1.54, 1.807) is 18.2 Å². The van der Waals surface area contributed by atoms with Gasteiger partial charge in [0, 0.05) is 10.9 Å². The molecule has 1 fully saturated rings. The van der Waals surface area contributed by atoms with Gasteiger partial charge in [-0.1, -0.05) is 18.6 Å². The molecule has 1 unspecified atom stereocenters. The second-order valence-corrected chi connectivity index (χ2v) is 6.41. The van der Waals surface area contributed by atoms with Crippen molar-refractivity contribution in [3.63, 3.8) is 0 Å². The molecule has 1 N–H and O–H groups in total. The van der Waals surface area contributed by atoms with Crippen LogP contribution in [0.4, 0.5) is 4.39 Å². The molecule has 1 saturated heterocycles. The van der Waals surface area contributed by atoms with E-state index in [0.717, 1.165) is 25.9 Å². The molecule has 2 heterocycles. The van der Waals surface area contributed by atoms with Gasteiger partial charge in [-0.3, -0.25) is 4.90 Å². The number of para-hydroxylation sites is 1. The van der Waals surface area contributed by atoms with Crippen LogP contribution in [-0.2, 0) is 0 Å². The van der Waals surface area contributed by atoms with E-state index in [9.17, 15) is 9.50 Å². The van der Waals surface area contributed by atoms with Crippen LogP contribution in [0.15, 0.2) is 28.7 Å². The first kappa shape index (κ1) is 14.5. The Bertz CT molecular complexity index is 629. The third-order valence-electron chi connectivity index (χ3n) is 4.62. The molecule has 4 heteroatoms. The highest BCUT2D eigenvalue weighted by atomic mass is 19.1. The Kier molecular flexibility index (Phi) is 3.76. The molecule has 0 radical (unpaired) electrons. The first-order valence-electron chi connectivity index (χ1n) is 7.61. The Balaban J connectivity index is 1.91. The molecule has 1 aliphatic heterocycles. The molecule has 1 aromatic carbocycles.